The minimum atomic E-state index is -4.37. The monoisotopic (exact) mass is 373 g/mol. The highest BCUT2D eigenvalue weighted by Crippen LogP contribution is 2.30. The minimum absolute atomic E-state index is 0.0528. The molecule has 3 nitrogen and oxygen atoms in total. The van der Waals surface area contributed by atoms with Crippen LogP contribution in [0.25, 0.3) is 0 Å². The minimum Gasteiger partial charge on any atom is -0.375 e. The Balaban J connectivity index is 2.98. The number of thiocarbonyl (C=S) groups is 1. The number of hydrazone groups is 1. The van der Waals surface area contributed by atoms with Crippen LogP contribution in [0.15, 0.2) is 23.3 Å². The van der Waals surface area contributed by atoms with Crippen LogP contribution >= 0.6 is 34.8 Å². The Hall–Kier alpha value is -0.900. The summed E-state index contributed by atoms with van der Waals surface area (Å²) < 4.78 is 37.9. The van der Waals surface area contributed by atoms with Gasteiger partial charge in [-0.1, -0.05) is 0 Å². The molecule has 0 amide bonds. The predicted molar refractivity (Wildman–Crippen MR) is 71.7 cm³/mol. The van der Waals surface area contributed by atoms with Gasteiger partial charge in [-0.2, -0.15) is 18.3 Å². The normalized spacial score (nSPS) is 11.8. The third-order valence-corrected chi connectivity index (χ3v) is 2.35. The zero-order chi connectivity index (χ0) is 13.1. The maximum Gasteiger partial charge on any atom is 0.416 e. The molecule has 0 aliphatic rings. The van der Waals surface area contributed by atoms with Gasteiger partial charge in [-0.05, 0) is 58.6 Å². The quantitative estimate of drug-likeness (QED) is 0.363. The van der Waals surface area contributed by atoms with Crippen molar-refractivity contribution in [2.24, 2.45) is 10.8 Å². The largest absolute Gasteiger partial charge is 0.416 e. The van der Waals surface area contributed by atoms with E-state index in [0.29, 0.717) is 9.13 Å². The molecule has 0 heterocycles. The molecule has 0 aliphatic carbocycles. The number of alkyl halides is 3. The van der Waals surface area contributed by atoms with Crippen molar-refractivity contribution in [2.45, 2.75) is 6.18 Å². The second-order valence-corrected chi connectivity index (χ2v) is 4.69. The van der Waals surface area contributed by atoms with Gasteiger partial charge in [0, 0.05) is 3.57 Å². The number of hydrogen-bond donors (Lipinski definition) is 2. The molecule has 0 saturated heterocycles. The molecule has 0 aromatic heterocycles. The second-order valence-electron chi connectivity index (χ2n) is 3.01. The van der Waals surface area contributed by atoms with Crippen LogP contribution in [0, 0.1) is 3.57 Å². The number of benzene rings is 1. The van der Waals surface area contributed by atoms with Crippen molar-refractivity contribution in [1.29, 1.82) is 0 Å². The van der Waals surface area contributed by atoms with E-state index in [2.05, 4.69) is 22.7 Å². The van der Waals surface area contributed by atoms with Crippen molar-refractivity contribution in [2.75, 3.05) is 0 Å². The fourth-order valence-electron chi connectivity index (χ4n) is 1.02. The summed E-state index contributed by atoms with van der Waals surface area (Å²) in [5.74, 6) is 0. The lowest BCUT2D eigenvalue weighted by Gasteiger charge is -2.07. The first kappa shape index (κ1) is 14.2. The highest BCUT2D eigenvalue weighted by atomic mass is 127. The Morgan fingerprint density at radius 1 is 1.41 bits per heavy atom. The van der Waals surface area contributed by atoms with Crippen LogP contribution in [0.4, 0.5) is 13.2 Å². The molecule has 0 radical (unpaired) electrons. The standard InChI is InChI=1S/C9H7F3IN3S/c10-9(11,12)6-1-5(2-7(13)3-6)4-15-16-8(14)17/h1-4H,(H3,14,16,17). The molecule has 0 spiro atoms. The summed E-state index contributed by atoms with van der Waals surface area (Å²) in [6.45, 7) is 0. The molecule has 0 unspecified atom stereocenters. The third-order valence-electron chi connectivity index (χ3n) is 1.64. The Morgan fingerprint density at radius 3 is 2.59 bits per heavy atom. The van der Waals surface area contributed by atoms with Gasteiger partial charge in [0.2, 0.25) is 0 Å². The highest BCUT2D eigenvalue weighted by Gasteiger charge is 2.30. The molecule has 0 fully saturated rings. The molecular weight excluding hydrogens is 366 g/mol. The molecule has 0 saturated carbocycles. The summed E-state index contributed by atoms with van der Waals surface area (Å²) in [7, 11) is 0. The zero-order valence-corrected chi connectivity index (χ0v) is 11.2. The maximum atomic E-state index is 12.5. The lowest BCUT2D eigenvalue weighted by atomic mass is 10.1. The molecule has 92 valence electrons. The van der Waals surface area contributed by atoms with E-state index in [-0.39, 0.29) is 5.11 Å². The molecule has 0 aliphatic heterocycles. The number of nitrogens with two attached hydrogens (primary N) is 1. The molecule has 0 atom stereocenters. The Labute approximate surface area is 114 Å². The average molecular weight is 373 g/mol. The Bertz CT molecular complexity index is 459. The van der Waals surface area contributed by atoms with E-state index >= 15 is 0 Å². The van der Waals surface area contributed by atoms with Gasteiger partial charge in [0.15, 0.2) is 5.11 Å². The summed E-state index contributed by atoms with van der Waals surface area (Å²) in [6, 6.07) is 3.60. The summed E-state index contributed by atoms with van der Waals surface area (Å²) >= 11 is 6.30. The van der Waals surface area contributed by atoms with E-state index in [0.717, 1.165) is 12.1 Å². The van der Waals surface area contributed by atoms with Crippen LogP contribution in [-0.2, 0) is 6.18 Å². The van der Waals surface area contributed by atoms with Gasteiger partial charge >= 0.3 is 6.18 Å². The number of hydrogen-bond acceptors (Lipinski definition) is 2. The summed E-state index contributed by atoms with van der Waals surface area (Å²) in [6.07, 6.45) is -3.16. The number of halogens is 4. The van der Waals surface area contributed by atoms with Gasteiger partial charge < -0.3 is 5.73 Å². The molecule has 8 heteroatoms. The van der Waals surface area contributed by atoms with Gasteiger partial charge in [0.1, 0.15) is 0 Å². The fraction of sp³-hybridized carbons (Fsp3) is 0.111. The number of nitrogens with one attached hydrogen (secondary N) is 1. The molecule has 0 bridgehead atoms. The molecular formula is C9H7F3IN3S. The van der Waals surface area contributed by atoms with Crippen LogP contribution in [0.3, 0.4) is 0 Å². The Kier molecular flexibility index (Phi) is 4.69. The SMILES string of the molecule is NC(=S)NN=Cc1cc(I)cc(C(F)(F)F)c1. The van der Waals surface area contributed by atoms with E-state index in [1.807, 2.05) is 0 Å². The van der Waals surface area contributed by atoms with E-state index in [4.69, 9.17) is 5.73 Å². The van der Waals surface area contributed by atoms with Crippen molar-refractivity contribution < 1.29 is 13.2 Å². The highest BCUT2D eigenvalue weighted by molar-refractivity contribution is 14.1. The number of nitrogens with zero attached hydrogens (tertiary/aromatic N) is 1. The van der Waals surface area contributed by atoms with Crippen molar-refractivity contribution in [3.05, 3.63) is 32.9 Å². The molecule has 1 aromatic carbocycles. The summed E-state index contributed by atoms with van der Waals surface area (Å²) in [5.41, 5.74) is 6.97. The maximum absolute atomic E-state index is 12.5. The smallest absolute Gasteiger partial charge is 0.375 e. The van der Waals surface area contributed by atoms with Gasteiger partial charge in [0.05, 0.1) is 11.8 Å². The van der Waals surface area contributed by atoms with Crippen LogP contribution in [0.2, 0.25) is 0 Å². The second kappa shape index (κ2) is 5.63. The molecule has 3 N–H and O–H groups in total. The van der Waals surface area contributed by atoms with E-state index in [9.17, 15) is 13.2 Å². The first-order valence-electron chi connectivity index (χ1n) is 4.25. The molecule has 17 heavy (non-hydrogen) atoms. The van der Waals surface area contributed by atoms with Gasteiger partial charge in [0.25, 0.3) is 0 Å². The van der Waals surface area contributed by atoms with Crippen LogP contribution in [-0.4, -0.2) is 11.3 Å². The summed E-state index contributed by atoms with van der Waals surface area (Å²) in [5, 5.41) is 3.54. The van der Waals surface area contributed by atoms with Crippen LogP contribution in [0.5, 0.6) is 0 Å². The van der Waals surface area contributed by atoms with Gasteiger partial charge in [-0.3, -0.25) is 5.43 Å². The van der Waals surface area contributed by atoms with E-state index < -0.39 is 11.7 Å². The Morgan fingerprint density at radius 2 is 2.06 bits per heavy atom. The van der Waals surface area contributed by atoms with Crippen molar-refractivity contribution in [3.63, 3.8) is 0 Å². The van der Waals surface area contributed by atoms with Crippen LogP contribution in [0.1, 0.15) is 11.1 Å². The lowest BCUT2D eigenvalue weighted by molar-refractivity contribution is -0.137. The first-order chi connectivity index (χ1) is 7.79. The zero-order valence-electron chi connectivity index (χ0n) is 8.25. The molecule has 1 aromatic rings. The average Bonchev–Trinajstić information content (AvgIpc) is 2.14. The predicted octanol–water partition coefficient (Wildman–Crippen LogP) is 2.48. The van der Waals surface area contributed by atoms with Gasteiger partial charge in [-0.15, -0.1) is 0 Å². The van der Waals surface area contributed by atoms with Crippen molar-refractivity contribution in [1.82, 2.24) is 5.43 Å². The van der Waals surface area contributed by atoms with Crippen LogP contribution < -0.4 is 11.2 Å². The van der Waals surface area contributed by atoms with Crippen molar-refractivity contribution >= 4 is 46.1 Å². The fourth-order valence-corrected chi connectivity index (χ4v) is 1.77. The van der Waals surface area contributed by atoms with E-state index in [1.54, 1.807) is 28.7 Å². The van der Waals surface area contributed by atoms with E-state index in [1.165, 1.54) is 6.21 Å². The molecule has 1 rings (SSSR count). The van der Waals surface area contributed by atoms with Gasteiger partial charge in [-0.25, -0.2) is 0 Å². The topological polar surface area (TPSA) is 50.4 Å². The first-order valence-corrected chi connectivity index (χ1v) is 5.74. The summed E-state index contributed by atoms with van der Waals surface area (Å²) in [4.78, 5) is 0. The van der Waals surface area contributed by atoms with Crippen molar-refractivity contribution in [3.8, 4) is 0 Å². The third kappa shape index (κ3) is 4.86. The lowest BCUT2D eigenvalue weighted by Crippen LogP contribution is -2.24. The number of rotatable bonds is 2.